The minimum absolute atomic E-state index is 0.0494. The van der Waals surface area contributed by atoms with E-state index in [0.29, 0.717) is 55.5 Å². The molecular weight excluding hydrogens is 1040 g/mol. The lowest BCUT2D eigenvalue weighted by Crippen LogP contribution is -2.26. The highest BCUT2D eigenvalue weighted by atomic mass is 32.2. The molecule has 4 atom stereocenters. The van der Waals surface area contributed by atoms with E-state index in [0.717, 1.165) is 113 Å². The molecule has 4 aromatic heterocycles. The Balaban J connectivity index is 0.000000159. The number of benzene rings is 5. The second-order valence-corrected chi connectivity index (χ2v) is 22.9. The van der Waals surface area contributed by atoms with E-state index in [-0.39, 0.29) is 35.6 Å². The van der Waals surface area contributed by atoms with Crippen LogP contribution in [-0.2, 0) is 48.3 Å². The number of ether oxygens (including phenoxy) is 3. The minimum Gasteiger partial charge on any atom is -0.477 e. The number of nitrogens with one attached hydrogen (secondary N) is 1. The zero-order valence-electron chi connectivity index (χ0n) is 47.0. The molecule has 4 unspecified atom stereocenters. The number of para-hydroxylation sites is 2. The smallest absolute Gasteiger partial charge is 0.354 e. The number of carboxylic acid groups (broad SMARTS) is 1. The summed E-state index contributed by atoms with van der Waals surface area (Å²) >= 11 is 0. The third-order valence-electron chi connectivity index (χ3n) is 15.0. The quantitative estimate of drug-likeness (QED) is 0.0645. The maximum absolute atomic E-state index is 12.5. The number of aromatic nitrogens is 4. The van der Waals surface area contributed by atoms with E-state index >= 15 is 0 Å². The second-order valence-electron chi connectivity index (χ2n) is 21.3. The molecule has 4 heterocycles. The molecule has 2 N–H and O–H groups in total. The molecule has 424 valence electrons. The van der Waals surface area contributed by atoms with Crippen molar-refractivity contribution in [1.82, 2.24) is 19.5 Å². The molecule has 9 aromatic rings. The first-order chi connectivity index (χ1) is 39.1. The number of aryl methyl sites for hydroxylation is 5. The Morgan fingerprint density at radius 1 is 0.654 bits per heavy atom. The van der Waals surface area contributed by atoms with Gasteiger partial charge in [0.15, 0.2) is 0 Å². The normalized spacial score (nSPS) is 17.3. The summed E-state index contributed by atoms with van der Waals surface area (Å²) in [5.41, 5.74) is 9.73. The van der Waals surface area contributed by atoms with Gasteiger partial charge in [0.2, 0.25) is 11.8 Å². The molecule has 16 heteroatoms. The first-order valence-corrected chi connectivity index (χ1v) is 29.3. The molecule has 0 aliphatic heterocycles. The lowest BCUT2D eigenvalue weighted by Gasteiger charge is -2.30. The van der Waals surface area contributed by atoms with Crippen molar-refractivity contribution in [2.75, 3.05) is 13.2 Å². The maximum Gasteiger partial charge on any atom is 0.354 e. The number of oxazole rings is 2. The van der Waals surface area contributed by atoms with Crippen molar-refractivity contribution >= 4 is 43.9 Å². The van der Waals surface area contributed by atoms with E-state index in [4.69, 9.17) is 27.2 Å². The van der Waals surface area contributed by atoms with Crippen molar-refractivity contribution in [3.63, 3.8) is 0 Å². The van der Waals surface area contributed by atoms with Crippen molar-refractivity contribution < 1.29 is 50.3 Å². The fourth-order valence-corrected chi connectivity index (χ4v) is 11.4. The average molecular weight is 1120 g/mol. The summed E-state index contributed by atoms with van der Waals surface area (Å²) in [7, 11) is -3.74. The van der Waals surface area contributed by atoms with Gasteiger partial charge in [0, 0.05) is 39.5 Å². The first-order valence-electron chi connectivity index (χ1n) is 27.9. The third-order valence-corrected chi connectivity index (χ3v) is 16.3. The summed E-state index contributed by atoms with van der Waals surface area (Å²) in [6, 6.07) is 42.1. The standard InChI is InChI=1S/C28H30N2O4.C26H31NO5S.C11H11NO2/c1-18-10-12-21(13-11-18)27-29-24(19(2)34-27)17-33-23-8-5-6-20(14-23)16-30-25-9-4-3-7-22(25)15-26(30)28(31)32;1-18-7-11-22(12-8-18)26-27-25(20(3)32-26)17-30-23-6-4-5-21(15-23)16-31-33(28,29)24-13-9-19(2)10-14-24;1-2-14-11(13)10-7-8-5-3-4-6-9(8)12-10/h3-4,7,9-13,15,20,23H,5-6,8,14,16-17H2,1-2H3,(H,31,32);7-14,21,23H,4-6,15-17H2,1-3H3;3-7,12H,2H2,1H3. The molecule has 0 radical (unpaired) electrons. The summed E-state index contributed by atoms with van der Waals surface area (Å²) in [6.45, 7) is 13.7. The Morgan fingerprint density at radius 3 is 1.73 bits per heavy atom. The topological polar surface area (TPSA) is 198 Å². The Hall–Kier alpha value is -7.63. The first kappa shape index (κ1) is 58.0. The molecule has 2 saturated carbocycles. The number of nitrogens with zero attached hydrogens (tertiary/aromatic N) is 3. The van der Waals surface area contributed by atoms with Gasteiger partial charge in [-0.15, -0.1) is 0 Å². The lowest BCUT2D eigenvalue weighted by atomic mass is 9.87. The van der Waals surface area contributed by atoms with E-state index < -0.39 is 16.1 Å². The number of esters is 1. The summed E-state index contributed by atoms with van der Waals surface area (Å²) in [5.74, 6) is 2.09. The molecular formula is C65H72N4O11S. The molecule has 0 bridgehead atoms. The summed E-state index contributed by atoms with van der Waals surface area (Å²) in [5, 5.41) is 11.7. The molecule has 0 amide bonds. The van der Waals surface area contributed by atoms with E-state index in [2.05, 4.69) is 34.0 Å². The van der Waals surface area contributed by atoms with Gasteiger partial charge in [-0.25, -0.2) is 19.6 Å². The Kier molecular flexibility index (Phi) is 19.2. The predicted molar refractivity (Wildman–Crippen MR) is 311 cm³/mol. The van der Waals surface area contributed by atoms with E-state index in [1.165, 1.54) is 11.1 Å². The molecule has 11 rings (SSSR count). The highest BCUT2D eigenvalue weighted by Gasteiger charge is 2.28. The third kappa shape index (κ3) is 15.2. The molecule has 2 aliphatic rings. The lowest BCUT2D eigenvalue weighted by molar-refractivity contribution is -0.00559. The van der Waals surface area contributed by atoms with Gasteiger partial charge >= 0.3 is 11.9 Å². The van der Waals surface area contributed by atoms with Crippen LogP contribution in [0.25, 0.3) is 44.7 Å². The Morgan fingerprint density at radius 2 is 1.17 bits per heavy atom. The largest absolute Gasteiger partial charge is 0.477 e. The molecule has 0 spiro atoms. The van der Waals surface area contributed by atoms with Gasteiger partial charge in [-0.3, -0.25) is 4.18 Å². The predicted octanol–water partition coefficient (Wildman–Crippen LogP) is 14.5. The number of fused-ring (bicyclic) bond motifs is 2. The second kappa shape index (κ2) is 26.8. The Bertz CT molecular complexity index is 3620. The highest BCUT2D eigenvalue weighted by Crippen LogP contribution is 2.33. The van der Waals surface area contributed by atoms with Gasteiger partial charge in [0.1, 0.15) is 34.3 Å². The Labute approximate surface area is 473 Å². The van der Waals surface area contributed by atoms with Crippen LogP contribution in [0, 0.1) is 46.5 Å². The number of carbonyl (C=O) groups excluding carboxylic acids is 1. The van der Waals surface area contributed by atoms with Crippen molar-refractivity contribution in [1.29, 1.82) is 0 Å². The van der Waals surface area contributed by atoms with Crippen LogP contribution < -0.4 is 0 Å². The van der Waals surface area contributed by atoms with Crippen LogP contribution in [0.4, 0.5) is 0 Å². The summed E-state index contributed by atoms with van der Waals surface area (Å²) < 4.78 is 61.4. The number of aromatic carboxylic acids is 1. The van der Waals surface area contributed by atoms with Gasteiger partial charge in [-0.1, -0.05) is 102 Å². The van der Waals surface area contributed by atoms with Crippen LogP contribution in [0.3, 0.4) is 0 Å². The van der Waals surface area contributed by atoms with Gasteiger partial charge in [0.25, 0.3) is 10.1 Å². The maximum atomic E-state index is 12.5. The van der Waals surface area contributed by atoms with Crippen molar-refractivity contribution in [2.45, 2.75) is 130 Å². The number of hydrogen-bond acceptors (Lipinski definition) is 12. The van der Waals surface area contributed by atoms with Crippen LogP contribution in [-0.4, -0.2) is 70.4 Å². The van der Waals surface area contributed by atoms with Crippen LogP contribution in [0.1, 0.15) is 119 Å². The van der Waals surface area contributed by atoms with E-state index in [1.54, 1.807) is 43.3 Å². The average Bonchev–Trinajstić information content (AvgIpc) is 4.47. The van der Waals surface area contributed by atoms with Gasteiger partial charge in [-0.2, -0.15) is 8.42 Å². The minimum atomic E-state index is -3.74. The van der Waals surface area contributed by atoms with Crippen LogP contribution in [0.5, 0.6) is 0 Å². The van der Waals surface area contributed by atoms with Crippen LogP contribution >= 0.6 is 0 Å². The molecule has 2 aliphatic carbocycles. The SMILES string of the molecule is CCOC(=O)c1cc2ccccc2[nH]1.Cc1ccc(-c2nc(COC3CCCC(COS(=O)(=O)c4ccc(C)cc4)C3)c(C)o2)cc1.Cc1ccc(-c2nc(COC3CCCC(Cn4c(C(=O)O)cc5ccccc54)C3)c(C)o2)cc1. The zero-order valence-corrected chi connectivity index (χ0v) is 47.8. The number of aromatic amines is 1. The highest BCUT2D eigenvalue weighted by molar-refractivity contribution is 7.86. The molecule has 0 saturated heterocycles. The molecule has 15 nitrogen and oxygen atoms in total. The number of carbonyl (C=O) groups is 2. The van der Waals surface area contributed by atoms with Crippen LogP contribution in [0.2, 0.25) is 0 Å². The van der Waals surface area contributed by atoms with E-state index in [1.807, 2.05) is 117 Å². The van der Waals surface area contributed by atoms with Gasteiger partial charge in [0.05, 0.1) is 43.5 Å². The molecule has 2 fully saturated rings. The van der Waals surface area contributed by atoms with Crippen molar-refractivity contribution in [3.8, 4) is 22.9 Å². The summed E-state index contributed by atoms with van der Waals surface area (Å²) in [4.78, 5) is 35.7. The fourth-order valence-electron chi connectivity index (χ4n) is 10.5. The summed E-state index contributed by atoms with van der Waals surface area (Å²) in [6.07, 6.45) is 7.88. The number of hydrogen-bond donors (Lipinski definition) is 2. The molecule has 81 heavy (non-hydrogen) atoms. The van der Waals surface area contributed by atoms with Gasteiger partial charge in [-0.05, 0) is 153 Å². The number of H-pyrrole nitrogens is 1. The van der Waals surface area contributed by atoms with E-state index in [9.17, 15) is 23.1 Å². The fraction of sp³-hybridized carbons (Fsp3) is 0.354. The monoisotopic (exact) mass is 1120 g/mol. The number of rotatable bonds is 17. The van der Waals surface area contributed by atoms with Crippen LogP contribution in [0.15, 0.2) is 147 Å². The van der Waals surface area contributed by atoms with Crippen molar-refractivity contribution in [2.24, 2.45) is 11.8 Å². The zero-order chi connectivity index (χ0) is 57.0. The number of carboxylic acids is 1. The van der Waals surface area contributed by atoms with Crippen molar-refractivity contribution in [3.05, 3.63) is 184 Å². The van der Waals surface area contributed by atoms with Gasteiger partial charge < -0.3 is 37.7 Å². The molecule has 5 aromatic carbocycles.